The third-order valence-electron chi connectivity index (χ3n) is 4.09. The molecule has 3 rings (SSSR count). The normalized spacial score (nSPS) is 10.2. The van der Waals surface area contributed by atoms with Gasteiger partial charge in [-0.1, -0.05) is 42.5 Å². The van der Waals surface area contributed by atoms with E-state index in [4.69, 9.17) is 9.47 Å². The Kier molecular flexibility index (Phi) is 6.01. The first-order chi connectivity index (χ1) is 13.6. The van der Waals surface area contributed by atoms with Crippen molar-refractivity contribution in [3.8, 4) is 17.0 Å². The van der Waals surface area contributed by atoms with Crippen LogP contribution in [0.1, 0.15) is 16.1 Å². The van der Waals surface area contributed by atoms with Gasteiger partial charge < -0.3 is 14.8 Å². The number of benzene rings is 2. The molecule has 0 spiro atoms. The van der Waals surface area contributed by atoms with Crippen LogP contribution >= 0.6 is 0 Å². The van der Waals surface area contributed by atoms with Crippen LogP contribution in [0.2, 0.25) is 0 Å². The lowest BCUT2D eigenvalue weighted by atomic mass is 10.1. The van der Waals surface area contributed by atoms with Crippen LogP contribution < -0.4 is 10.1 Å². The molecule has 6 heteroatoms. The minimum absolute atomic E-state index is 0.324. The predicted octanol–water partition coefficient (Wildman–Crippen LogP) is 3.86. The van der Waals surface area contributed by atoms with Gasteiger partial charge in [-0.05, 0) is 31.2 Å². The van der Waals surface area contributed by atoms with Crippen LogP contribution in [0.5, 0.6) is 5.75 Å². The molecule has 3 aromatic rings. The van der Waals surface area contributed by atoms with Crippen LogP contribution in [0, 0.1) is 6.92 Å². The van der Waals surface area contributed by atoms with Crippen molar-refractivity contribution in [2.45, 2.75) is 6.92 Å². The van der Waals surface area contributed by atoms with Crippen molar-refractivity contribution in [1.29, 1.82) is 0 Å². The van der Waals surface area contributed by atoms with E-state index in [-0.39, 0.29) is 0 Å². The van der Waals surface area contributed by atoms with E-state index in [0.29, 0.717) is 22.7 Å². The number of methoxy groups -OCH3 is 1. The maximum atomic E-state index is 12.3. The number of pyridine rings is 1. The SMILES string of the molecule is COc1ccccc1NC(=O)COC(=O)c1ccc(-c2ccccc2)nc1C. The van der Waals surface area contributed by atoms with Crippen LogP contribution in [0.25, 0.3) is 11.3 Å². The van der Waals surface area contributed by atoms with Gasteiger partial charge in [0.15, 0.2) is 6.61 Å². The summed E-state index contributed by atoms with van der Waals surface area (Å²) in [5.41, 5.74) is 3.10. The molecule has 0 fully saturated rings. The molecule has 0 unspecified atom stereocenters. The first-order valence-corrected chi connectivity index (χ1v) is 8.71. The Bertz CT molecular complexity index is 987. The fourth-order valence-electron chi connectivity index (χ4n) is 2.69. The monoisotopic (exact) mass is 376 g/mol. The standard InChI is InChI=1S/C22H20N2O4/c1-15-17(12-13-18(23-15)16-8-4-3-5-9-16)22(26)28-14-21(25)24-19-10-6-7-11-20(19)27-2/h3-13H,14H2,1-2H3,(H,24,25). The molecule has 142 valence electrons. The van der Waals surface area contributed by atoms with Gasteiger partial charge in [-0.25, -0.2) is 4.79 Å². The number of nitrogens with one attached hydrogen (secondary N) is 1. The highest BCUT2D eigenvalue weighted by Crippen LogP contribution is 2.23. The summed E-state index contributed by atoms with van der Waals surface area (Å²) >= 11 is 0. The molecule has 0 saturated heterocycles. The number of esters is 1. The summed E-state index contributed by atoms with van der Waals surface area (Å²) in [6, 6.07) is 20.1. The van der Waals surface area contributed by atoms with E-state index in [0.717, 1.165) is 11.3 Å². The summed E-state index contributed by atoms with van der Waals surface area (Å²) in [7, 11) is 1.51. The largest absolute Gasteiger partial charge is 0.495 e. The van der Waals surface area contributed by atoms with Crippen LogP contribution in [0.3, 0.4) is 0 Å². The summed E-state index contributed by atoms with van der Waals surface area (Å²) in [4.78, 5) is 28.9. The van der Waals surface area contributed by atoms with E-state index in [1.165, 1.54) is 7.11 Å². The number of ether oxygens (including phenoxy) is 2. The zero-order valence-electron chi connectivity index (χ0n) is 15.6. The molecule has 2 aromatic carbocycles. The highest BCUT2D eigenvalue weighted by molar-refractivity contribution is 5.96. The minimum atomic E-state index is -0.597. The van der Waals surface area contributed by atoms with E-state index in [1.54, 1.807) is 43.3 Å². The number of aryl methyl sites for hydroxylation is 1. The molecule has 0 bridgehead atoms. The minimum Gasteiger partial charge on any atom is -0.495 e. The number of amides is 1. The molecule has 0 saturated carbocycles. The summed E-state index contributed by atoms with van der Waals surface area (Å²) in [5.74, 6) is -0.525. The quantitative estimate of drug-likeness (QED) is 0.661. The van der Waals surface area contributed by atoms with E-state index in [9.17, 15) is 9.59 Å². The average molecular weight is 376 g/mol. The zero-order chi connectivity index (χ0) is 19.9. The smallest absolute Gasteiger partial charge is 0.340 e. The van der Waals surface area contributed by atoms with Crippen molar-refractivity contribution in [3.63, 3.8) is 0 Å². The lowest BCUT2D eigenvalue weighted by Gasteiger charge is -2.11. The molecule has 0 aliphatic carbocycles. The molecule has 0 radical (unpaired) electrons. The summed E-state index contributed by atoms with van der Waals surface area (Å²) in [5, 5.41) is 2.66. The topological polar surface area (TPSA) is 77.5 Å². The molecule has 1 N–H and O–H groups in total. The van der Waals surface area contributed by atoms with Crippen LogP contribution in [0.4, 0.5) is 5.69 Å². The highest BCUT2D eigenvalue weighted by atomic mass is 16.5. The third-order valence-corrected chi connectivity index (χ3v) is 4.09. The Labute approximate surface area is 163 Å². The van der Waals surface area contributed by atoms with Crippen LogP contribution in [-0.2, 0) is 9.53 Å². The van der Waals surface area contributed by atoms with Crippen molar-refractivity contribution in [2.75, 3.05) is 19.0 Å². The summed E-state index contributed by atoms with van der Waals surface area (Å²) in [6.45, 7) is 1.33. The summed E-state index contributed by atoms with van der Waals surface area (Å²) in [6.07, 6.45) is 0. The number of hydrogen-bond donors (Lipinski definition) is 1. The Balaban J connectivity index is 1.62. The number of aromatic nitrogens is 1. The van der Waals surface area contributed by atoms with Crippen molar-refractivity contribution in [1.82, 2.24) is 4.98 Å². The Morgan fingerprint density at radius 1 is 0.964 bits per heavy atom. The fraction of sp³-hybridized carbons (Fsp3) is 0.136. The Hall–Kier alpha value is -3.67. The number of nitrogens with zero attached hydrogens (tertiary/aromatic N) is 1. The Morgan fingerprint density at radius 3 is 2.39 bits per heavy atom. The molecule has 1 heterocycles. The number of carbonyl (C=O) groups excluding carboxylic acids is 2. The molecular formula is C22H20N2O4. The molecule has 0 aliphatic rings. The molecule has 0 aliphatic heterocycles. The fourth-order valence-corrected chi connectivity index (χ4v) is 2.69. The highest BCUT2D eigenvalue weighted by Gasteiger charge is 2.15. The van der Waals surface area contributed by atoms with Gasteiger partial charge in [0.2, 0.25) is 0 Å². The third kappa shape index (κ3) is 4.54. The molecule has 1 aromatic heterocycles. The number of hydrogen-bond acceptors (Lipinski definition) is 5. The maximum absolute atomic E-state index is 12.3. The van der Waals surface area contributed by atoms with Gasteiger partial charge in [0.05, 0.1) is 29.7 Å². The number of rotatable bonds is 6. The molecule has 1 amide bonds. The van der Waals surface area contributed by atoms with Crippen molar-refractivity contribution in [3.05, 3.63) is 78.0 Å². The van der Waals surface area contributed by atoms with Gasteiger partial charge in [-0.15, -0.1) is 0 Å². The van der Waals surface area contributed by atoms with Crippen molar-refractivity contribution >= 4 is 17.6 Å². The number of carbonyl (C=O) groups is 2. The van der Waals surface area contributed by atoms with Crippen LogP contribution in [0.15, 0.2) is 66.7 Å². The maximum Gasteiger partial charge on any atom is 0.340 e. The predicted molar refractivity (Wildman–Crippen MR) is 106 cm³/mol. The number of para-hydroxylation sites is 2. The van der Waals surface area contributed by atoms with Gasteiger partial charge in [0.1, 0.15) is 5.75 Å². The molecule has 6 nitrogen and oxygen atoms in total. The van der Waals surface area contributed by atoms with Gasteiger partial charge in [0, 0.05) is 5.56 Å². The van der Waals surface area contributed by atoms with E-state index in [1.807, 2.05) is 30.3 Å². The van der Waals surface area contributed by atoms with Gasteiger partial charge >= 0.3 is 5.97 Å². The average Bonchev–Trinajstić information content (AvgIpc) is 2.73. The lowest BCUT2D eigenvalue weighted by molar-refractivity contribution is -0.119. The van der Waals surface area contributed by atoms with Crippen molar-refractivity contribution in [2.24, 2.45) is 0 Å². The summed E-state index contributed by atoms with van der Waals surface area (Å²) < 4.78 is 10.3. The van der Waals surface area contributed by atoms with E-state index < -0.39 is 18.5 Å². The van der Waals surface area contributed by atoms with Gasteiger partial charge in [-0.2, -0.15) is 0 Å². The first kappa shape index (κ1) is 19.1. The van der Waals surface area contributed by atoms with Crippen LogP contribution in [-0.4, -0.2) is 30.6 Å². The lowest BCUT2D eigenvalue weighted by Crippen LogP contribution is -2.21. The second kappa shape index (κ2) is 8.81. The second-order valence-corrected chi connectivity index (χ2v) is 6.02. The molecule has 28 heavy (non-hydrogen) atoms. The number of anilines is 1. The Morgan fingerprint density at radius 2 is 1.68 bits per heavy atom. The van der Waals surface area contributed by atoms with Gasteiger partial charge in [-0.3, -0.25) is 9.78 Å². The van der Waals surface area contributed by atoms with E-state index in [2.05, 4.69) is 10.3 Å². The van der Waals surface area contributed by atoms with Gasteiger partial charge in [0.25, 0.3) is 5.91 Å². The van der Waals surface area contributed by atoms with Crippen molar-refractivity contribution < 1.29 is 19.1 Å². The molecular weight excluding hydrogens is 356 g/mol. The first-order valence-electron chi connectivity index (χ1n) is 8.71. The molecule has 0 atom stereocenters. The van der Waals surface area contributed by atoms with E-state index >= 15 is 0 Å². The second-order valence-electron chi connectivity index (χ2n) is 6.02. The zero-order valence-corrected chi connectivity index (χ0v) is 15.6.